The first-order valence-electron chi connectivity index (χ1n) is 19.4. The summed E-state index contributed by atoms with van der Waals surface area (Å²) in [6.45, 7) is 9.46. The molecular formula is C39H76O5. The highest BCUT2D eigenvalue weighted by molar-refractivity contribution is 5.69. The van der Waals surface area contributed by atoms with Crippen LogP contribution in [0.5, 0.6) is 0 Å². The van der Waals surface area contributed by atoms with Crippen molar-refractivity contribution in [1.29, 1.82) is 0 Å². The van der Waals surface area contributed by atoms with E-state index in [-0.39, 0.29) is 23.5 Å². The molecule has 44 heavy (non-hydrogen) atoms. The molecule has 5 heteroatoms. The maximum absolute atomic E-state index is 12.5. The van der Waals surface area contributed by atoms with E-state index in [1.54, 1.807) is 0 Å². The van der Waals surface area contributed by atoms with Crippen LogP contribution in [0.15, 0.2) is 0 Å². The molecular weight excluding hydrogens is 548 g/mol. The zero-order chi connectivity index (χ0) is 32.6. The lowest BCUT2D eigenvalue weighted by Crippen LogP contribution is -2.34. The minimum Gasteiger partial charge on any atom is -0.465 e. The number of unbranched alkanes of at least 4 members (excludes halogenated alkanes) is 19. The summed E-state index contributed by atoms with van der Waals surface area (Å²) in [6, 6.07) is 0. The van der Waals surface area contributed by atoms with E-state index in [2.05, 4.69) is 27.7 Å². The van der Waals surface area contributed by atoms with Crippen molar-refractivity contribution < 1.29 is 24.2 Å². The Morgan fingerprint density at radius 2 is 0.841 bits per heavy atom. The van der Waals surface area contributed by atoms with Gasteiger partial charge in [0, 0.05) is 18.3 Å². The molecule has 0 heterocycles. The second-order valence-electron chi connectivity index (χ2n) is 13.7. The van der Waals surface area contributed by atoms with E-state index in [4.69, 9.17) is 9.47 Å². The number of carbonyl (C=O) groups excluding carboxylic acids is 2. The first-order valence-corrected chi connectivity index (χ1v) is 19.4. The quantitative estimate of drug-likeness (QED) is 0.0569. The second-order valence-corrected chi connectivity index (χ2v) is 13.7. The van der Waals surface area contributed by atoms with Gasteiger partial charge in [0.2, 0.25) is 0 Å². The Hall–Kier alpha value is -1.10. The van der Waals surface area contributed by atoms with Crippen molar-refractivity contribution in [3.05, 3.63) is 0 Å². The Labute approximate surface area is 274 Å². The van der Waals surface area contributed by atoms with Crippen molar-refractivity contribution in [2.75, 3.05) is 13.2 Å². The maximum Gasteiger partial charge on any atom is 0.305 e. The number of carbonyl (C=O) groups is 2. The predicted octanol–water partition coefficient (Wildman–Crippen LogP) is 11.8. The zero-order valence-corrected chi connectivity index (χ0v) is 30.1. The molecule has 0 fully saturated rings. The molecule has 0 saturated heterocycles. The van der Waals surface area contributed by atoms with E-state index >= 15 is 0 Å². The van der Waals surface area contributed by atoms with Gasteiger partial charge in [0.05, 0.1) is 6.10 Å². The number of esters is 2. The maximum atomic E-state index is 12.5. The number of hydrogen-bond acceptors (Lipinski definition) is 5. The van der Waals surface area contributed by atoms with E-state index in [1.807, 2.05) is 0 Å². The van der Waals surface area contributed by atoms with Crippen molar-refractivity contribution in [2.45, 2.75) is 220 Å². The summed E-state index contributed by atoms with van der Waals surface area (Å²) < 4.78 is 11.5. The first kappa shape index (κ1) is 42.9. The Balaban J connectivity index is 4.03. The Morgan fingerprint density at radius 3 is 1.23 bits per heavy atom. The van der Waals surface area contributed by atoms with Gasteiger partial charge in [-0.05, 0) is 38.5 Å². The SMILES string of the molecule is CCCCCCCCCCCC(=O)OCC(CC)(CCCC)COC(=O)CCCCCCCCCCC(O)CCCCCC. The number of aliphatic hydroxyl groups excluding tert-OH is 1. The molecule has 0 bridgehead atoms. The van der Waals surface area contributed by atoms with E-state index in [9.17, 15) is 14.7 Å². The fourth-order valence-corrected chi connectivity index (χ4v) is 5.97. The second kappa shape index (κ2) is 31.9. The average molecular weight is 625 g/mol. The Morgan fingerprint density at radius 1 is 0.500 bits per heavy atom. The summed E-state index contributed by atoms with van der Waals surface area (Å²) in [6.07, 6.45) is 31.9. The summed E-state index contributed by atoms with van der Waals surface area (Å²) >= 11 is 0. The Bertz CT molecular complexity index is 636. The fourth-order valence-electron chi connectivity index (χ4n) is 5.97. The zero-order valence-electron chi connectivity index (χ0n) is 30.1. The molecule has 0 aliphatic heterocycles. The number of rotatable bonds is 34. The standard InChI is InChI=1S/C39H76O5/c1-5-9-12-14-15-16-20-23-27-31-37(41)43-34-39(8-4,33-11-7-3)35-44-38(42)32-28-24-21-18-17-19-22-26-30-36(40)29-25-13-10-6-2/h36,40H,5-35H2,1-4H3. The van der Waals surface area contributed by atoms with Crippen molar-refractivity contribution >= 4 is 11.9 Å². The molecule has 0 aliphatic carbocycles. The molecule has 1 N–H and O–H groups in total. The van der Waals surface area contributed by atoms with Crippen LogP contribution < -0.4 is 0 Å². The number of hydrogen-bond donors (Lipinski definition) is 1. The highest BCUT2D eigenvalue weighted by Gasteiger charge is 2.31. The predicted molar refractivity (Wildman–Crippen MR) is 187 cm³/mol. The molecule has 0 aromatic rings. The third-order valence-corrected chi connectivity index (χ3v) is 9.43. The van der Waals surface area contributed by atoms with Crippen LogP contribution in [0.1, 0.15) is 214 Å². The fraction of sp³-hybridized carbons (Fsp3) is 0.949. The van der Waals surface area contributed by atoms with Gasteiger partial charge in [0.25, 0.3) is 0 Å². The molecule has 0 radical (unpaired) electrons. The summed E-state index contributed by atoms with van der Waals surface area (Å²) in [5.41, 5.74) is -0.273. The smallest absolute Gasteiger partial charge is 0.305 e. The largest absolute Gasteiger partial charge is 0.465 e. The normalized spacial score (nSPS) is 13.5. The molecule has 0 amide bonds. The lowest BCUT2D eigenvalue weighted by Gasteiger charge is -2.31. The number of ether oxygens (including phenoxy) is 2. The van der Waals surface area contributed by atoms with Gasteiger partial charge in [-0.1, -0.05) is 163 Å². The average Bonchev–Trinajstić information content (AvgIpc) is 3.03. The molecule has 0 aliphatic rings. The number of aliphatic hydroxyl groups is 1. The van der Waals surface area contributed by atoms with Gasteiger partial charge < -0.3 is 14.6 Å². The van der Waals surface area contributed by atoms with Crippen molar-refractivity contribution in [2.24, 2.45) is 5.41 Å². The van der Waals surface area contributed by atoms with Crippen molar-refractivity contribution in [3.63, 3.8) is 0 Å². The minimum absolute atomic E-state index is 0.106. The molecule has 0 aromatic heterocycles. The molecule has 2 unspecified atom stereocenters. The minimum atomic E-state index is -0.273. The summed E-state index contributed by atoms with van der Waals surface area (Å²) in [5.74, 6) is -0.224. The molecule has 0 rings (SSSR count). The van der Waals surface area contributed by atoms with Crippen LogP contribution in [0.4, 0.5) is 0 Å². The van der Waals surface area contributed by atoms with Crippen LogP contribution in [-0.4, -0.2) is 36.4 Å². The molecule has 2 atom stereocenters. The van der Waals surface area contributed by atoms with Crippen molar-refractivity contribution in [1.82, 2.24) is 0 Å². The van der Waals surface area contributed by atoms with Crippen LogP contribution in [0.25, 0.3) is 0 Å². The van der Waals surface area contributed by atoms with Crippen LogP contribution in [-0.2, 0) is 19.1 Å². The van der Waals surface area contributed by atoms with Gasteiger partial charge >= 0.3 is 11.9 Å². The van der Waals surface area contributed by atoms with Crippen molar-refractivity contribution in [3.8, 4) is 0 Å². The van der Waals surface area contributed by atoms with Crippen LogP contribution in [0, 0.1) is 5.41 Å². The van der Waals surface area contributed by atoms with Gasteiger partial charge in [-0.3, -0.25) is 9.59 Å². The molecule has 5 nitrogen and oxygen atoms in total. The van der Waals surface area contributed by atoms with Crippen LogP contribution in [0.2, 0.25) is 0 Å². The lowest BCUT2D eigenvalue weighted by atomic mass is 9.81. The van der Waals surface area contributed by atoms with Gasteiger partial charge in [-0.15, -0.1) is 0 Å². The van der Waals surface area contributed by atoms with E-state index in [0.717, 1.165) is 83.5 Å². The Kier molecular flexibility index (Phi) is 31.1. The highest BCUT2D eigenvalue weighted by Crippen LogP contribution is 2.30. The van der Waals surface area contributed by atoms with E-state index in [0.29, 0.717) is 26.1 Å². The van der Waals surface area contributed by atoms with Gasteiger partial charge in [-0.25, -0.2) is 0 Å². The topological polar surface area (TPSA) is 72.8 Å². The van der Waals surface area contributed by atoms with Gasteiger partial charge in [0.1, 0.15) is 13.2 Å². The van der Waals surface area contributed by atoms with Gasteiger partial charge in [0.15, 0.2) is 0 Å². The van der Waals surface area contributed by atoms with E-state index < -0.39 is 0 Å². The first-order chi connectivity index (χ1) is 21.4. The third-order valence-electron chi connectivity index (χ3n) is 9.43. The third kappa shape index (κ3) is 27.2. The van der Waals surface area contributed by atoms with Gasteiger partial charge in [-0.2, -0.15) is 0 Å². The lowest BCUT2D eigenvalue weighted by molar-refractivity contribution is -0.155. The highest BCUT2D eigenvalue weighted by atomic mass is 16.5. The molecule has 0 spiro atoms. The summed E-state index contributed by atoms with van der Waals surface area (Å²) in [5, 5.41) is 10.1. The van der Waals surface area contributed by atoms with Crippen LogP contribution >= 0.6 is 0 Å². The summed E-state index contributed by atoms with van der Waals surface area (Å²) in [7, 11) is 0. The monoisotopic (exact) mass is 625 g/mol. The molecule has 0 aromatic carbocycles. The molecule has 262 valence electrons. The van der Waals surface area contributed by atoms with E-state index in [1.165, 1.54) is 89.9 Å². The summed E-state index contributed by atoms with van der Waals surface area (Å²) in [4.78, 5) is 25.0. The molecule has 0 saturated carbocycles. The van der Waals surface area contributed by atoms with Crippen LogP contribution in [0.3, 0.4) is 0 Å².